The van der Waals surface area contributed by atoms with Gasteiger partial charge >= 0.3 is 0 Å². The molecule has 23 heavy (non-hydrogen) atoms. The van der Waals surface area contributed by atoms with Crippen molar-refractivity contribution in [3.63, 3.8) is 0 Å². The Labute approximate surface area is 144 Å². The zero-order valence-corrected chi connectivity index (χ0v) is 14.4. The number of carbonyl (C=O) groups is 1. The maximum atomic E-state index is 12.2. The van der Waals surface area contributed by atoms with Crippen molar-refractivity contribution >= 4 is 35.0 Å². The van der Waals surface area contributed by atoms with Crippen LogP contribution in [0, 0.1) is 0 Å². The normalized spacial score (nSPS) is 11.8. The number of amides is 1. The Bertz CT molecular complexity index is 676. The first-order valence-electron chi connectivity index (χ1n) is 7.03. The van der Waals surface area contributed by atoms with Gasteiger partial charge in [0.05, 0.1) is 12.4 Å². The summed E-state index contributed by atoms with van der Waals surface area (Å²) in [4.78, 5) is 12.2. The van der Waals surface area contributed by atoms with E-state index in [1.165, 1.54) is 13.2 Å². The number of halogens is 1. The predicted octanol–water partition coefficient (Wildman–Crippen LogP) is 4.31. The SMILES string of the molecule is COc1cc(NC(=O)C(C)SCc2ccc(Cl)cc2)ccc1O. The molecule has 6 heteroatoms. The second-order valence-electron chi connectivity index (χ2n) is 4.96. The third kappa shape index (κ3) is 5.08. The zero-order valence-electron chi connectivity index (χ0n) is 12.9. The molecular weight excluding hydrogens is 334 g/mol. The van der Waals surface area contributed by atoms with E-state index >= 15 is 0 Å². The third-order valence-corrected chi connectivity index (χ3v) is 4.70. The van der Waals surface area contributed by atoms with Crippen molar-refractivity contribution in [2.45, 2.75) is 17.9 Å². The van der Waals surface area contributed by atoms with Crippen LogP contribution in [0.3, 0.4) is 0 Å². The smallest absolute Gasteiger partial charge is 0.237 e. The lowest BCUT2D eigenvalue weighted by Crippen LogP contribution is -2.22. The van der Waals surface area contributed by atoms with Crippen LogP contribution in [0.15, 0.2) is 42.5 Å². The van der Waals surface area contributed by atoms with Gasteiger partial charge in [-0.05, 0) is 36.8 Å². The minimum absolute atomic E-state index is 0.0376. The molecule has 1 atom stereocenters. The van der Waals surface area contributed by atoms with E-state index in [0.29, 0.717) is 16.5 Å². The molecule has 2 aromatic rings. The number of phenols is 1. The molecule has 2 rings (SSSR count). The summed E-state index contributed by atoms with van der Waals surface area (Å²) in [6.45, 7) is 1.85. The minimum Gasteiger partial charge on any atom is -0.504 e. The van der Waals surface area contributed by atoms with Crippen LogP contribution in [0.5, 0.6) is 11.5 Å². The number of carbonyl (C=O) groups excluding carboxylic acids is 1. The number of aromatic hydroxyl groups is 1. The van der Waals surface area contributed by atoms with E-state index in [9.17, 15) is 9.90 Å². The molecule has 0 aliphatic rings. The number of phenolic OH excluding ortho intramolecular Hbond substituents is 1. The zero-order chi connectivity index (χ0) is 16.8. The molecule has 2 aromatic carbocycles. The summed E-state index contributed by atoms with van der Waals surface area (Å²) in [7, 11) is 1.46. The van der Waals surface area contributed by atoms with Crippen LogP contribution in [0.1, 0.15) is 12.5 Å². The fraction of sp³-hybridized carbons (Fsp3) is 0.235. The van der Waals surface area contributed by atoms with E-state index in [1.807, 2.05) is 31.2 Å². The van der Waals surface area contributed by atoms with Gasteiger partial charge in [0, 0.05) is 22.5 Å². The maximum absolute atomic E-state index is 12.2. The summed E-state index contributed by atoms with van der Waals surface area (Å²) < 4.78 is 5.03. The van der Waals surface area contributed by atoms with E-state index in [4.69, 9.17) is 16.3 Å². The molecular formula is C17H18ClNO3S. The first kappa shape index (κ1) is 17.5. The van der Waals surface area contributed by atoms with Gasteiger partial charge in [0.25, 0.3) is 0 Å². The predicted molar refractivity (Wildman–Crippen MR) is 95.5 cm³/mol. The highest BCUT2D eigenvalue weighted by Gasteiger charge is 2.14. The average molecular weight is 352 g/mol. The molecule has 4 nitrogen and oxygen atoms in total. The summed E-state index contributed by atoms with van der Waals surface area (Å²) in [6, 6.07) is 12.3. The van der Waals surface area contributed by atoms with Crippen LogP contribution in [0.2, 0.25) is 5.02 Å². The average Bonchev–Trinajstić information content (AvgIpc) is 2.55. The molecule has 0 spiro atoms. The van der Waals surface area contributed by atoms with Crippen LogP contribution >= 0.6 is 23.4 Å². The van der Waals surface area contributed by atoms with Gasteiger partial charge < -0.3 is 15.2 Å². The molecule has 0 aliphatic heterocycles. The van der Waals surface area contributed by atoms with Crippen LogP contribution in [-0.4, -0.2) is 23.4 Å². The summed E-state index contributed by atoms with van der Waals surface area (Å²) >= 11 is 7.39. The Morgan fingerprint density at radius 2 is 2.00 bits per heavy atom. The van der Waals surface area contributed by atoms with Crippen molar-refractivity contribution in [3.8, 4) is 11.5 Å². The molecule has 0 fully saturated rings. The lowest BCUT2D eigenvalue weighted by molar-refractivity contribution is -0.115. The molecule has 0 saturated heterocycles. The molecule has 2 N–H and O–H groups in total. The first-order chi connectivity index (χ1) is 11.0. The molecule has 0 bridgehead atoms. The summed E-state index contributed by atoms with van der Waals surface area (Å²) in [6.07, 6.45) is 0. The van der Waals surface area contributed by atoms with E-state index in [1.54, 1.807) is 23.9 Å². The molecule has 0 aliphatic carbocycles. The number of rotatable bonds is 6. The Morgan fingerprint density at radius 3 is 2.65 bits per heavy atom. The topological polar surface area (TPSA) is 58.6 Å². The fourth-order valence-corrected chi connectivity index (χ4v) is 2.85. The summed E-state index contributed by atoms with van der Waals surface area (Å²) in [5, 5.41) is 12.9. The van der Waals surface area contributed by atoms with Gasteiger partial charge in [-0.1, -0.05) is 23.7 Å². The number of methoxy groups -OCH3 is 1. The van der Waals surface area contributed by atoms with Gasteiger partial charge in [-0.25, -0.2) is 0 Å². The molecule has 122 valence electrons. The fourth-order valence-electron chi connectivity index (χ4n) is 1.88. The Kier molecular flexibility index (Phi) is 6.19. The van der Waals surface area contributed by atoms with Crippen LogP contribution in [-0.2, 0) is 10.5 Å². The molecule has 0 saturated carbocycles. The van der Waals surface area contributed by atoms with E-state index in [-0.39, 0.29) is 16.9 Å². The highest BCUT2D eigenvalue weighted by Crippen LogP contribution is 2.29. The van der Waals surface area contributed by atoms with Crippen LogP contribution in [0.25, 0.3) is 0 Å². The number of benzene rings is 2. The van der Waals surface area contributed by atoms with Crippen molar-refractivity contribution in [1.82, 2.24) is 0 Å². The lowest BCUT2D eigenvalue weighted by Gasteiger charge is -2.13. The molecule has 0 aromatic heterocycles. The summed E-state index contributed by atoms with van der Waals surface area (Å²) in [5.41, 5.74) is 1.70. The largest absolute Gasteiger partial charge is 0.504 e. The summed E-state index contributed by atoms with van der Waals surface area (Å²) in [5.74, 6) is 0.988. The highest BCUT2D eigenvalue weighted by molar-refractivity contribution is 7.99. The Hall–Kier alpha value is -1.85. The lowest BCUT2D eigenvalue weighted by atomic mass is 10.2. The van der Waals surface area contributed by atoms with E-state index < -0.39 is 0 Å². The van der Waals surface area contributed by atoms with Crippen LogP contribution < -0.4 is 10.1 Å². The highest BCUT2D eigenvalue weighted by atomic mass is 35.5. The number of hydrogen-bond acceptors (Lipinski definition) is 4. The van der Waals surface area contributed by atoms with Gasteiger partial charge in [-0.3, -0.25) is 4.79 Å². The number of nitrogens with one attached hydrogen (secondary N) is 1. The Morgan fingerprint density at radius 1 is 1.30 bits per heavy atom. The molecule has 1 amide bonds. The molecule has 0 heterocycles. The second kappa shape index (κ2) is 8.13. The van der Waals surface area contributed by atoms with E-state index in [0.717, 1.165) is 11.3 Å². The minimum atomic E-state index is -0.217. The number of ether oxygens (including phenoxy) is 1. The number of hydrogen-bond donors (Lipinski definition) is 2. The number of anilines is 1. The van der Waals surface area contributed by atoms with Gasteiger partial charge in [0.1, 0.15) is 0 Å². The van der Waals surface area contributed by atoms with Crippen molar-refractivity contribution in [3.05, 3.63) is 53.1 Å². The van der Waals surface area contributed by atoms with Crippen LogP contribution in [0.4, 0.5) is 5.69 Å². The first-order valence-corrected chi connectivity index (χ1v) is 8.46. The van der Waals surface area contributed by atoms with Gasteiger partial charge in [0.2, 0.25) is 5.91 Å². The van der Waals surface area contributed by atoms with Crippen molar-refractivity contribution < 1.29 is 14.6 Å². The standard InChI is InChI=1S/C17H18ClNO3S/c1-11(23-10-12-3-5-13(18)6-4-12)17(21)19-14-7-8-15(20)16(9-14)22-2/h3-9,11,20H,10H2,1-2H3,(H,19,21). The monoisotopic (exact) mass is 351 g/mol. The van der Waals surface area contributed by atoms with Crippen molar-refractivity contribution in [2.24, 2.45) is 0 Å². The molecule has 0 radical (unpaired) electrons. The van der Waals surface area contributed by atoms with Gasteiger partial charge in [-0.2, -0.15) is 0 Å². The quantitative estimate of drug-likeness (QED) is 0.761. The van der Waals surface area contributed by atoms with E-state index in [2.05, 4.69) is 5.32 Å². The van der Waals surface area contributed by atoms with Gasteiger partial charge in [-0.15, -0.1) is 11.8 Å². The van der Waals surface area contributed by atoms with Gasteiger partial charge in [0.15, 0.2) is 11.5 Å². The Balaban J connectivity index is 1.90. The third-order valence-electron chi connectivity index (χ3n) is 3.23. The van der Waals surface area contributed by atoms with Crippen molar-refractivity contribution in [1.29, 1.82) is 0 Å². The maximum Gasteiger partial charge on any atom is 0.237 e. The van der Waals surface area contributed by atoms with Crippen molar-refractivity contribution in [2.75, 3.05) is 12.4 Å². The second-order valence-corrected chi connectivity index (χ2v) is 6.72. The number of thioether (sulfide) groups is 1. The molecule has 1 unspecified atom stereocenters.